The van der Waals surface area contributed by atoms with Gasteiger partial charge in [-0.15, -0.1) is 0 Å². The molecular weight excluding hydrogens is 154 g/mol. The van der Waals surface area contributed by atoms with Crippen LogP contribution < -0.4 is 0 Å². The van der Waals surface area contributed by atoms with Crippen molar-refractivity contribution < 1.29 is 9.90 Å². The Morgan fingerprint density at radius 3 is 2.50 bits per heavy atom. The predicted octanol–water partition coefficient (Wildman–Crippen LogP) is 1.19. The zero-order valence-corrected chi connectivity index (χ0v) is 7.79. The van der Waals surface area contributed by atoms with Crippen LogP contribution in [-0.4, -0.2) is 36.1 Å². The van der Waals surface area contributed by atoms with Gasteiger partial charge >= 0.3 is 5.97 Å². The van der Waals surface area contributed by atoms with Crippen LogP contribution >= 0.6 is 0 Å². The number of rotatable bonds is 5. The molecule has 0 aromatic heterocycles. The molecule has 0 heterocycles. The lowest BCUT2D eigenvalue weighted by Crippen LogP contribution is -2.30. The lowest BCUT2D eigenvalue weighted by molar-refractivity contribution is -0.137. The van der Waals surface area contributed by atoms with Gasteiger partial charge in [-0.1, -0.05) is 0 Å². The Bertz CT molecular complexity index is 162. The second-order valence-electron chi connectivity index (χ2n) is 3.80. The second kappa shape index (κ2) is 3.90. The van der Waals surface area contributed by atoms with E-state index in [2.05, 4.69) is 4.90 Å². The first-order valence-corrected chi connectivity index (χ1v) is 4.49. The molecule has 3 heteroatoms. The van der Waals surface area contributed by atoms with E-state index in [1.54, 1.807) is 0 Å². The third-order valence-electron chi connectivity index (χ3n) is 2.48. The van der Waals surface area contributed by atoms with E-state index >= 15 is 0 Å². The van der Waals surface area contributed by atoms with Crippen LogP contribution in [0.15, 0.2) is 0 Å². The normalized spacial score (nSPS) is 19.6. The molecule has 12 heavy (non-hydrogen) atoms. The van der Waals surface area contributed by atoms with Crippen molar-refractivity contribution in [3.63, 3.8) is 0 Å². The third-order valence-corrected chi connectivity index (χ3v) is 2.48. The number of nitrogens with zero attached hydrogens (tertiary/aromatic N) is 1. The maximum atomic E-state index is 10.4. The van der Waals surface area contributed by atoms with Crippen molar-refractivity contribution in [1.82, 2.24) is 4.90 Å². The van der Waals surface area contributed by atoms with E-state index in [-0.39, 0.29) is 0 Å². The number of hydrogen-bond acceptors (Lipinski definition) is 2. The van der Waals surface area contributed by atoms with Crippen LogP contribution in [0, 0.1) is 5.92 Å². The van der Waals surface area contributed by atoms with Gasteiger partial charge < -0.3 is 10.0 Å². The molecule has 0 aromatic rings. The van der Waals surface area contributed by atoms with Crippen molar-refractivity contribution >= 4 is 5.97 Å². The number of carboxylic acid groups (broad SMARTS) is 1. The van der Waals surface area contributed by atoms with Gasteiger partial charge in [0, 0.05) is 12.5 Å². The van der Waals surface area contributed by atoms with E-state index in [9.17, 15) is 4.79 Å². The van der Waals surface area contributed by atoms with Gasteiger partial charge in [-0.05, 0) is 39.3 Å². The van der Waals surface area contributed by atoms with Crippen LogP contribution in [-0.2, 0) is 4.79 Å². The lowest BCUT2D eigenvalue weighted by atomic mass is 10.1. The summed E-state index contributed by atoms with van der Waals surface area (Å²) in [6, 6.07) is 0.487. The molecule has 0 aromatic carbocycles. The summed E-state index contributed by atoms with van der Waals surface area (Å²) in [5.74, 6) is 0.0850. The van der Waals surface area contributed by atoms with Crippen LogP contribution in [0.25, 0.3) is 0 Å². The Kier molecular flexibility index (Phi) is 3.09. The highest BCUT2D eigenvalue weighted by atomic mass is 16.4. The van der Waals surface area contributed by atoms with E-state index in [4.69, 9.17) is 5.11 Å². The Morgan fingerprint density at radius 2 is 2.17 bits per heavy atom. The van der Waals surface area contributed by atoms with Crippen molar-refractivity contribution in [1.29, 1.82) is 0 Å². The Balaban J connectivity index is 2.28. The van der Waals surface area contributed by atoms with Crippen LogP contribution in [0.3, 0.4) is 0 Å². The highest BCUT2D eigenvalue weighted by molar-refractivity contribution is 5.66. The van der Waals surface area contributed by atoms with Crippen molar-refractivity contribution in [2.24, 2.45) is 5.92 Å². The molecule has 1 unspecified atom stereocenters. The Morgan fingerprint density at radius 1 is 1.58 bits per heavy atom. The maximum Gasteiger partial charge on any atom is 0.303 e. The van der Waals surface area contributed by atoms with E-state index < -0.39 is 5.97 Å². The minimum atomic E-state index is -0.678. The Hall–Kier alpha value is -0.570. The summed E-state index contributed by atoms with van der Waals surface area (Å²) in [5.41, 5.74) is 0. The van der Waals surface area contributed by atoms with Crippen LogP contribution in [0.1, 0.15) is 25.7 Å². The molecule has 0 amide bonds. The average molecular weight is 171 g/mol. The zero-order chi connectivity index (χ0) is 9.14. The molecule has 1 fully saturated rings. The molecule has 70 valence electrons. The number of carboxylic acids is 1. The molecule has 1 aliphatic carbocycles. The first-order valence-electron chi connectivity index (χ1n) is 4.49. The van der Waals surface area contributed by atoms with Crippen molar-refractivity contribution in [3.8, 4) is 0 Å². The summed E-state index contributed by atoms with van der Waals surface area (Å²) < 4.78 is 0. The number of hydrogen-bond donors (Lipinski definition) is 1. The predicted molar refractivity (Wildman–Crippen MR) is 47.1 cm³/mol. The summed E-state index contributed by atoms with van der Waals surface area (Å²) in [5, 5.41) is 8.53. The van der Waals surface area contributed by atoms with Crippen molar-refractivity contribution in [2.45, 2.75) is 31.7 Å². The number of carbonyl (C=O) groups is 1. The third kappa shape index (κ3) is 2.81. The summed E-state index contributed by atoms with van der Waals surface area (Å²) in [4.78, 5) is 12.5. The lowest BCUT2D eigenvalue weighted by Gasteiger charge is -2.23. The first kappa shape index (κ1) is 9.52. The maximum absolute atomic E-state index is 10.4. The van der Waals surface area contributed by atoms with Crippen molar-refractivity contribution in [3.05, 3.63) is 0 Å². The Labute approximate surface area is 73.4 Å². The van der Waals surface area contributed by atoms with E-state index in [1.807, 2.05) is 14.1 Å². The quantitative estimate of drug-likeness (QED) is 0.675. The molecular formula is C9H17NO2. The van der Waals surface area contributed by atoms with E-state index in [0.717, 1.165) is 12.3 Å². The molecule has 0 bridgehead atoms. The largest absolute Gasteiger partial charge is 0.481 e. The molecule has 0 radical (unpaired) electrons. The summed E-state index contributed by atoms with van der Waals surface area (Å²) in [6.45, 7) is 0. The fourth-order valence-corrected chi connectivity index (χ4v) is 1.67. The van der Waals surface area contributed by atoms with Gasteiger partial charge in [0.1, 0.15) is 0 Å². The van der Waals surface area contributed by atoms with Gasteiger partial charge in [0.25, 0.3) is 0 Å². The second-order valence-corrected chi connectivity index (χ2v) is 3.80. The SMILES string of the molecule is CN(C)C(CCC(=O)O)C1CC1. The smallest absolute Gasteiger partial charge is 0.303 e. The van der Waals surface area contributed by atoms with Crippen LogP contribution in [0.5, 0.6) is 0 Å². The van der Waals surface area contributed by atoms with Gasteiger partial charge in [-0.2, -0.15) is 0 Å². The van der Waals surface area contributed by atoms with Gasteiger partial charge in [0.15, 0.2) is 0 Å². The summed E-state index contributed by atoms with van der Waals surface area (Å²) in [6.07, 6.45) is 3.66. The van der Waals surface area contributed by atoms with E-state index in [0.29, 0.717) is 12.5 Å². The first-order chi connectivity index (χ1) is 5.61. The molecule has 3 nitrogen and oxygen atoms in total. The zero-order valence-electron chi connectivity index (χ0n) is 7.79. The minimum Gasteiger partial charge on any atom is -0.481 e. The molecule has 0 spiro atoms. The molecule has 0 saturated heterocycles. The van der Waals surface area contributed by atoms with Gasteiger partial charge in [0.05, 0.1) is 0 Å². The molecule has 0 aliphatic heterocycles. The molecule has 1 aliphatic rings. The summed E-state index contributed by atoms with van der Waals surface area (Å²) in [7, 11) is 4.07. The monoisotopic (exact) mass is 171 g/mol. The van der Waals surface area contributed by atoms with Gasteiger partial charge in [0.2, 0.25) is 0 Å². The molecule has 1 rings (SSSR count). The van der Waals surface area contributed by atoms with Crippen LogP contribution in [0.4, 0.5) is 0 Å². The van der Waals surface area contributed by atoms with Crippen molar-refractivity contribution in [2.75, 3.05) is 14.1 Å². The minimum absolute atomic E-state index is 0.305. The topological polar surface area (TPSA) is 40.5 Å². The molecule has 1 atom stereocenters. The highest BCUT2D eigenvalue weighted by Crippen LogP contribution is 2.36. The van der Waals surface area contributed by atoms with Gasteiger partial charge in [-0.25, -0.2) is 0 Å². The standard InChI is InChI=1S/C9H17NO2/c1-10(2)8(7-3-4-7)5-6-9(11)12/h7-8H,3-6H2,1-2H3,(H,11,12). The summed E-state index contributed by atoms with van der Waals surface area (Å²) >= 11 is 0. The van der Waals surface area contributed by atoms with Gasteiger partial charge in [-0.3, -0.25) is 4.79 Å². The fraction of sp³-hybridized carbons (Fsp3) is 0.889. The molecule has 1 saturated carbocycles. The highest BCUT2D eigenvalue weighted by Gasteiger charge is 2.32. The fourth-order valence-electron chi connectivity index (χ4n) is 1.67. The molecule has 1 N–H and O–H groups in total. The van der Waals surface area contributed by atoms with Crippen LogP contribution in [0.2, 0.25) is 0 Å². The van der Waals surface area contributed by atoms with E-state index in [1.165, 1.54) is 12.8 Å². The number of aliphatic carboxylic acids is 1. The average Bonchev–Trinajstić information content (AvgIpc) is 2.69.